The molecule has 0 atom stereocenters. The maximum absolute atomic E-state index is 10.3. The molecule has 0 spiro atoms. The minimum absolute atomic E-state index is 0. The summed E-state index contributed by atoms with van der Waals surface area (Å²) < 4.78 is 0. The van der Waals surface area contributed by atoms with Gasteiger partial charge in [-0.25, -0.2) is 0 Å². The average Bonchev–Trinajstić information content (AvgIpc) is 3.03. The van der Waals surface area contributed by atoms with Crippen molar-refractivity contribution in [2.75, 3.05) is 0 Å². The Balaban J connectivity index is 0.000000271. The topological polar surface area (TPSA) is 129 Å². The minimum atomic E-state index is -3.21. The first-order chi connectivity index (χ1) is 20.1. The van der Waals surface area contributed by atoms with Crippen molar-refractivity contribution >= 4 is 50.2 Å². The van der Waals surface area contributed by atoms with Crippen LogP contribution in [0.4, 0.5) is 17.1 Å². The molecule has 0 fully saturated rings. The van der Waals surface area contributed by atoms with Crippen LogP contribution in [0.15, 0.2) is 133 Å². The Kier molecular flexibility index (Phi) is 11.1. The number of benzene rings is 5. The van der Waals surface area contributed by atoms with Gasteiger partial charge in [0.15, 0.2) is 17.1 Å². The molecular weight excluding hydrogens is 774 g/mol. The fourth-order valence-corrected chi connectivity index (χ4v) is 10.8. The van der Waals surface area contributed by atoms with Crippen molar-refractivity contribution in [3.05, 3.63) is 175 Å². The zero-order valence-corrected chi connectivity index (χ0v) is 26.1. The van der Waals surface area contributed by atoms with Crippen LogP contribution in [-0.2, 0) is 28.5 Å². The van der Waals surface area contributed by atoms with E-state index in [4.69, 9.17) is 11.2 Å². The summed E-state index contributed by atoms with van der Waals surface area (Å²) in [5.74, 6) is -3.21. The van der Waals surface area contributed by atoms with E-state index in [1.54, 1.807) is 0 Å². The van der Waals surface area contributed by atoms with Crippen molar-refractivity contribution in [1.29, 1.82) is 0 Å². The SMILES string of the molecule is ClP(Cc1ccccc1)(c1ccccc1)(c1ccccc1)c1ccccc1.O=[N+]([O-])c1[c-]c([N+](=O)[O-])cc([N+](=O)[O-])c1.[Au+]. The number of hydrogen-bond acceptors (Lipinski definition) is 6. The van der Waals surface area contributed by atoms with E-state index < -0.39 is 37.8 Å². The van der Waals surface area contributed by atoms with Gasteiger partial charge in [0.25, 0.3) is 0 Å². The maximum atomic E-state index is 10.3. The van der Waals surface area contributed by atoms with E-state index in [9.17, 15) is 30.3 Å². The van der Waals surface area contributed by atoms with Gasteiger partial charge in [-0.3, -0.25) is 30.3 Å². The number of nitro groups is 3. The van der Waals surface area contributed by atoms with Crippen LogP contribution in [0.5, 0.6) is 0 Å². The van der Waals surface area contributed by atoms with Crippen LogP contribution in [0.25, 0.3) is 0 Å². The van der Waals surface area contributed by atoms with Gasteiger partial charge >= 0.3 is 189 Å². The zero-order valence-electron chi connectivity index (χ0n) is 22.3. The predicted molar refractivity (Wildman–Crippen MR) is 166 cm³/mol. The Hall–Kier alpha value is -4.24. The average molecular weight is 798 g/mol. The summed E-state index contributed by atoms with van der Waals surface area (Å²) in [5, 5.41) is 34.5. The van der Waals surface area contributed by atoms with E-state index in [-0.39, 0.29) is 22.4 Å². The maximum Gasteiger partial charge on any atom is 1.00 e. The predicted octanol–water partition coefficient (Wildman–Crippen LogP) is 7.08. The fourth-order valence-electron chi connectivity index (χ4n) is 4.69. The van der Waals surface area contributed by atoms with Crippen molar-refractivity contribution < 1.29 is 37.2 Å². The van der Waals surface area contributed by atoms with E-state index in [2.05, 4.69) is 121 Å². The molecule has 0 aliphatic heterocycles. The molecule has 0 saturated heterocycles. The molecular formula is C31H24AuClN3O6P. The molecule has 0 aliphatic carbocycles. The van der Waals surface area contributed by atoms with Crippen molar-refractivity contribution in [1.82, 2.24) is 0 Å². The molecule has 0 bridgehead atoms. The molecule has 5 aromatic carbocycles. The number of nitrogens with zero attached hydrogens (tertiary/aromatic N) is 3. The molecule has 5 rings (SSSR count). The van der Waals surface area contributed by atoms with E-state index >= 15 is 0 Å². The summed E-state index contributed by atoms with van der Waals surface area (Å²) in [5.41, 5.74) is -1.08. The largest absolute Gasteiger partial charge is 1.00 e. The molecule has 0 N–H and O–H groups in total. The number of halogens is 1. The van der Waals surface area contributed by atoms with Crippen molar-refractivity contribution in [2.45, 2.75) is 6.16 Å². The quantitative estimate of drug-likeness (QED) is 0.0543. The second-order valence-electron chi connectivity index (χ2n) is 9.21. The summed E-state index contributed by atoms with van der Waals surface area (Å²) in [7, 11) is 0. The molecule has 0 aliphatic rings. The van der Waals surface area contributed by atoms with E-state index in [0.29, 0.717) is 12.1 Å². The van der Waals surface area contributed by atoms with Gasteiger partial charge in [-0.05, 0) is 18.2 Å². The molecule has 0 aromatic heterocycles. The smallest absolute Gasteiger partial charge is 0.260 e. The number of hydrogen-bond donors (Lipinski definition) is 0. The third-order valence-corrected chi connectivity index (χ3v) is 13.8. The van der Waals surface area contributed by atoms with Gasteiger partial charge in [0.05, 0.1) is 0 Å². The molecule has 9 nitrogen and oxygen atoms in total. The van der Waals surface area contributed by atoms with Crippen LogP contribution in [0.3, 0.4) is 0 Å². The second-order valence-corrected chi connectivity index (χ2v) is 15.7. The zero-order chi connectivity index (χ0) is 30.2. The van der Waals surface area contributed by atoms with Crippen LogP contribution < -0.4 is 15.9 Å². The third kappa shape index (κ3) is 7.22. The van der Waals surface area contributed by atoms with Gasteiger partial charge < -0.3 is 0 Å². The Labute approximate surface area is 267 Å². The van der Waals surface area contributed by atoms with E-state index in [1.807, 2.05) is 6.07 Å². The van der Waals surface area contributed by atoms with Crippen LogP contribution in [-0.4, -0.2) is 14.8 Å². The normalized spacial score (nSPS) is 11.4. The molecule has 0 radical (unpaired) electrons. The van der Waals surface area contributed by atoms with Crippen molar-refractivity contribution in [3.8, 4) is 0 Å². The molecule has 0 heterocycles. The van der Waals surface area contributed by atoms with Crippen LogP contribution in [0.2, 0.25) is 0 Å². The summed E-state index contributed by atoms with van der Waals surface area (Å²) in [6.45, 7) is 0. The van der Waals surface area contributed by atoms with Crippen LogP contribution in [0.1, 0.15) is 5.56 Å². The Bertz CT molecular complexity index is 1540. The van der Waals surface area contributed by atoms with Gasteiger partial charge in [-0.15, -0.1) is 0 Å². The first-order valence-corrected chi connectivity index (χ1v) is 15.9. The molecule has 222 valence electrons. The van der Waals surface area contributed by atoms with Crippen LogP contribution >= 0.6 is 17.2 Å². The molecule has 12 heteroatoms. The van der Waals surface area contributed by atoms with Gasteiger partial charge in [0.2, 0.25) is 0 Å². The number of nitro benzene ring substituents is 3. The summed E-state index contributed by atoms with van der Waals surface area (Å²) in [6, 6.07) is 45.5. The van der Waals surface area contributed by atoms with Crippen LogP contribution in [0, 0.1) is 36.4 Å². The third-order valence-electron chi connectivity index (χ3n) is 6.64. The molecule has 0 amide bonds. The standard InChI is InChI=1S/C25H22ClP.C6H2N3O6.Au/c26-27(23-15-7-2-8-16-23,24-17-9-3-10-18-24,25-19-11-4-12-20-25)21-22-13-5-1-6-14-22;10-7(11)4-1-5(8(12)13)3-6(2-4)9(14)15;/h1-20H,21H2;1-2H;/q;-1;+1. The van der Waals surface area contributed by atoms with Crippen molar-refractivity contribution in [3.63, 3.8) is 0 Å². The summed E-state index contributed by atoms with van der Waals surface area (Å²) in [6.07, 6.45) is 0.784. The Morgan fingerprint density at radius 1 is 0.558 bits per heavy atom. The van der Waals surface area contributed by atoms with Crippen molar-refractivity contribution in [2.24, 2.45) is 0 Å². The van der Waals surface area contributed by atoms with Gasteiger partial charge in [0, 0.05) is 14.8 Å². The second kappa shape index (κ2) is 14.3. The van der Waals surface area contributed by atoms with Gasteiger partial charge in [-0.2, -0.15) is 0 Å². The fraction of sp³-hybridized carbons (Fsp3) is 0.0323. The number of rotatable bonds is 8. The summed E-state index contributed by atoms with van der Waals surface area (Å²) in [4.78, 5) is 27.9. The van der Waals surface area contributed by atoms with E-state index in [0.717, 1.165) is 6.16 Å². The molecule has 43 heavy (non-hydrogen) atoms. The van der Waals surface area contributed by atoms with Gasteiger partial charge in [0.1, 0.15) is 0 Å². The first kappa shape index (κ1) is 33.3. The molecule has 0 saturated carbocycles. The first-order valence-electron chi connectivity index (χ1n) is 12.6. The summed E-state index contributed by atoms with van der Waals surface area (Å²) >= 11 is 8.04. The molecule has 5 aromatic rings. The van der Waals surface area contributed by atoms with Gasteiger partial charge in [-0.1, -0.05) is 0 Å². The molecule has 0 unspecified atom stereocenters. The Morgan fingerprint density at radius 3 is 1.19 bits per heavy atom. The number of non-ortho nitro benzene ring substituents is 3. The minimum Gasteiger partial charge on any atom is -0.260 e. The monoisotopic (exact) mass is 797 g/mol. The Morgan fingerprint density at radius 2 is 0.884 bits per heavy atom. The van der Waals surface area contributed by atoms with E-state index in [1.165, 1.54) is 21.5 Å².